The maximum absolute atomic E-state index is 13.3. The number of nitriles is 1. The molecule has 0 aliphatic carbocycles. The van der Waals surface area contributed by atoms with E-state index in [4.69, 9.17) is 9.72 Å². The average Bonchev–Trinajstić information content (AvgIpc) is 2.93. The molecule has 0 spiro atoms. The number of anilines is 1. The smallest absolute Gasteiger partial charge is 0.237 e. The van der Waals surface area contributed by atoms with Gasteiger partial charge in [0, 0.05) is 16.8 Å². The normalized spacial score (nSPS) is 11.4. The van der Waals surface area contributed by atoms with Gasteiger partial charge in [0.25, 0.3) is 0 Å². The molecular formula is C31H29N3O2S. The monoisotopic (exact) mass is 507 g/mol. The maximum atomic E-state index is 13.3. The van der Waals surface area contributed by atoms with Crippen LogP contribution in [-0.2, 0) is 4.79 Å². The fourth-order valence-electron chi connectivity index (χ4n) is 4.09. The van der Waals surface area contributed by atoms with Gasteiger partial charge in [-0.2, -0.15) is 5.26 Å². The number of ether oxygens (including phenoxy) is 1. The van der Waals surface area contributed by atoms with E-state index in [0.29, 0.717) is 17.0 Å². The molecule has 1 amide bonds. The first-order valence-corrected chi connectivity index (χ1v) is 13.0. The van der Waals surface area contributed by atoms with Crippen LogP contribution in [0.1, 0.15) is 30.0 Å². The molecule has 1 atom stereocenters. The highest BCUT2D eigenvalue weighted by molar-refractivity contribution is 8.00. The number of nitrogens with zero attached hydrogens (tertiary/aromatic N) is 2. The molecule has 1 N–H and O–H groups in total. The van der Waals surface area contributed by atoms with E-state index in [0.717, 1.165) is 44.9 Å². The molecule has 0 saturated carbocycles. The van der Waals surface area contributed by atoms with E-state index in [2.05, 4.69) is 11.4 Å². The summed E-state index contributed by atoms with van der Waals surface area (Å²) < 4.78 is 5.31. The van der Waals surface area contributed by atoms with Crippen molar-refractivity contribution in [3.63, 3.8) is 0 Å². The molecule has 5 nitrogen and oxygen atoms in total. The van der Waals surface area contributed by atoms with Crippen LogP contribution >= 0.6 is 11.8 Å². The van der Waals surface area contributed by atoms with Gasteiger partial charge in [0.05, 0.1) is 23.6 Å². The molecule has 0 aliphatic rings. The zero-order valence-electron chi connectivity index (χ0n) is 21.4. The van der Waals surface area contributed by atoms with Crippen LogP contribution in [0.25, 0.3) is 22.4 Å². The molecule has 1 unspecified atom stereocenters. The van der Waals surface area contributed by atoms with Crippen LogP contribution in [0, 0.1) is 25.2 Å². The van der Waals surface area contributed by atoms with Gasteiger partial charge in [-0.15, -0.1) is 0 Å². The Hall–Kier alpha value is -4.08. The number of amides is 1. The van der Waals surface area contributed by atoms with E-state index >= 15 is 0 Å². The third-order valence-electron chi connectivity index (χ3n) is 6.13. The summed E-state index contributed by atoms with van der Waals surface area (Å²) in [5.41, 5.74) is 6.74. The summed E-state index contributed by atoms with van der Waals surface area (Å²) in [7, 11) is 1.62. The van der Waals surface area contributed by atoms with E-state index in [1.54, 1.807) is 7.11 Å². The lowest BCUT2D eigenvalue weighted by Crippen LogP contribution is -2.25. The Morgan fingerprint density at radius 2 is 1.76 bits per heavy atom. The third-order valence-corrected chi connectivity index (χ3v) is 7.48. The summed E-state index contributed by atoms with van der Waals surface area (Å²) in [5, 5.41) is 13.4. The highest BCUT2D eigenvalue weighted by Crippen LogP contribution is 2.37. The average molecular weight is 508 g/mol. The molecule has 186 valence electrons. The van der Waals surface area contributed by atoms with Gasteiger partial charge >= 0.3 is 0 Å². The van der Waals surface area contributed by atoms with Crippen molar-refractivity contribution in [2.45, 2.75) is 37.5 Å². The fourth-order valence-corrected chi connectivity index (χ4v) is 5.12. The van der Waals surface area contributed by atoms with E-state index in [1.807, 2.05) is 99.6 Å². The van der Waals surface area contributed by atoms with Crippen molar-refractivity contribution in [1.82, 2.24) is 4.98 Å². The van der Waals surface area contributed by atoms with Crippen molar-refractivity contribution < 1.29 is 9.53 Å². The molecule has 4 aromatic rings. The number of hydrogen-bond acceptors (Lipinski definition) is 5. The molecule has 3 aromatic carbocycles. The van der Waals surface area contributed by atoms with Gasteiger partial charge in [0.2, 0.25) is 5.91 Å². The number of hydrogen-bond donors (Lipinski definition) is 1. The first kappa shape index (κ1) is 26.0. The van der Waals surface area contributed by atoms with Crippen LogP contribution in [0.5, 0.6) is 5.75 Å². The van der Waals surface area contributed by atoms with Crippen LogP contribution in [0.3, 0.4) is 0 Å². The van der Waals surface area contributed by atoms with E-state index < -0.39 is 5.25 Å². The fraction of sp³-hybridized carbons (Fsp3) is 0.194. The number of carbonyl (C=O) groups is 1. The lowest BCUT2D eigenvalue weighted by molar-refractivity contribution is -0.115. The Labute approximate surface area is 222 Å². The van der Waals surface area contributed by atoms with Gasteiger partial charge in [0.1, 0.15) is 16.8 Å². The Morgan fingerprint density at radius 1 is 1.03 bits per heavy atom. The standard InChI is InChI=1S/C31H29N3O2S/c1-5-29(30(35)33-27-16-11-20(2)17-21(27)3)37-31-26(19-32)25(22-12-14-24(36-4)15-13-22)18-28(34-31)23-9-7-6-8-10-23/h6-18,29H,5H2,1-4H3,(H,33,35). The lowest BCUT2D eigenvalue weighted by atomic mass is 9.99. The number of aromatic nitrogens is 1. The molecule has 4 rings (SSSR count). The molecule has 0 radical (unpaired) electrons. The van der Waals surface area contributed by atoms with Gasteiger partial charge in [-0.3, -0.25) is 4.79 Å². The maximum Gasteiger partial charge on any atom is 0.237 e. The lowest BCUT2D eigenvalue weighted by Gasteiger charge is -2.18. The number of pyridine rings is 1. The quantitative estimate of drug-likeness (QED) is 0.251. The molecule has 0 bridgehead atoms. The number of methoxy groups -OCH3 is 1. The van der Waals surface area contributed by atoms with Gasteiger partial charge in [-0.1, -0.05) is 78.8 Å². The number of thioether (sulfide) groups is 1. The Morgan fingerprint density at radius 3 is 2.38 bits per heavy atom. The number of benzene rings is 3. The molecule has 1 heterocycles. The number of carbonyl (C=O) groups excluding carboxylic acids is 1. The molecule has 6 heteroatoms. The van der Waals surface area contributed by atoms with Crippen molar-refractivity contribution in [2.75, 3.05) is 12.4 Å². The number of aryl methyl sites for hydroxylation is 2. The molecule has 1 aromatic heterocycles. The molecular weight excluding hydrogens is 478 g/mol. The summed E-state index contributed by atoms with van der Waals surface area (Å²) in [4.78, 5) is 18.2. The first-order chi connectivity index (χ1) is 17.9. The highest BCUT2D eigenvalue weighted by atomic mass is 32.2. The Balaban J connectivity index is 1.75. The predicted octanol–water partition coefficient (Wildman–Crippen LogP) is 7.42. The van der Waals surface area contributed by atoms with Crippen LogP contribution < -0.4 is 10.1 Å². The van der Waals surface area contributed by atoms with Gasteiger partial charge in [-0.05, 0) is 55.7 Å². The molecule has 0 fully saturated rings. The highest BCUT2D eigenvalue weighted by Gasteiger charge is 2.24. The Bertz CT molecular complexity index is 1440. The third kappa shape index (κ3) is 6.02. The van der Waals surface area contributed by atoms with Crippen LogP contribution in [0.4, 0.5) is 5.69 Å². The Kier molecular flexibility index (Phi) is 8.27. The summed E-state index contributed by atoms with van der Waals surface area (Å²) in [6.07, 6.45) is 0.585. The van der Waals surface area contributed by atoms with E-state index in [1.165, 1.54) is 11.8 Å². The summed E-state index contributed by atoms with van der Waals surface area (Å²) >= 11 is 1.33. The van der Waals surface area contributed by atoms with Gasteiger partial charge in [0.15, 0.2) is 0 Å². The second-order valence-corrected chi connectivity index (χ2v) is 9.96. The zero-order chi connectivity index (χ0) is 26.4. The van der Waals surface area contributed by atoms with Crippen LogP contribution in [0.15, 0.2) is 83.9 Å². The summed E-state index contributed by atoms with van der Waals surface area (Å²) in [6, 6.07) is 27.7. The van der Waals surface area contributed by atoms with Crippen molar-refractivity contribution in [1.29, 1.82) is 5.26 Å². The largest absolute Gasteiger partial charge is 0.497 e. The predicted molar refractivity (Wildman–Crippen MR) is 151 cm³/mol. The number of nitrogens with one attached hydrogen (secondary N) is 1. The second-order valence-electron chi connectivity index (χ2n) is 8.76. The van der Waals surface area contributed by atoms with Gasteiger partial charge in [-0.25, -0.2) is 4.98 Å². The number of rotatable bonds is 8. The minimum absolute atomic E-state index is 0.110. The van der Waals surface area contributed by atoms with Crippen molar-refractivity contribution in [3.8, 4) is 34.2 Å². The SMILES string of the molecule is CCC(Sc1nc(-c2ccccc2)cc(-c2ccc(OC)cc2)c1C#N)C(=O)Nc1ccc(C)cc1C. The van der Waals surface area contributed by atoms with E-state index in [-0.39, 0.29) is 5.91 Å². The van der Waals surface area contributed by atoms with E-state index in [9.17, 15) is 10.1 Å². The van der Waals surface area contributed by atoms with Crippen molar-refractivity contribution in [2.24, 2.45) is 0 Å². The van der Waals surface area contributed by atoms with Gasteiger partial charge < -0.3 is 10.1 Å². The first-order valence-electron chi connectivity index (χ1n) is 12.1. The molecule has 37 heavy (non-hydrogen) atoms. The summed E-state index contributed by atoms with van der Waals surface area (Å²) in [6.45, 7) is 5.98. The van der Waals surface area contributed by atoms with Crippen LogP contribution in [-0.4, -0.2) is 23.3 Å². The topological polar surface area (TPSA) is 75.0 Å². The summed E-state index contributed by atoms with van der Waals surface area (Å²) in [5.74, 6) is 0.629. The van der Waals surface area contributed by atoms with Crippen molar-refractivity contribution >= 4 is 23.4 Å². The molecule has 0 saturated heterocycles. The second kappa shape index (κ2) is 11.8. The molecule has 0 aliphatic heterocycles. The van der Waals surface area contributed by atoms with Crippen molar-refractivity contribution in [3.05, 3.63) is 95.6 Å². The minimum atomic E-state index is -0.421. The zero-order valence-corrected chi connectivity index (χ0v) is 22.2. The van der Waals surface area contributed by atoms with Crippen LogP contribution in [0.2, 0.25) is 0 Å². The minimum Gasteiger partial charge on any atom is -0.497 e.